The van der Waals surface area contributed by atoms with Crippen molar-refractivity contribution in [1.82, 2.24) is 9.80 Å². The SMILES string of the molecule is CC1CCCN(C(=O)C2CCCC(=O)N2Cc2ccc(F)cc2)C1. The van der Waals surface area contributed by atoms with Crippen molar-refractivity contribution in [2.45, 2.75) is 51.6 Å². The molecule has 24 heavy (non-hydrogen) atoms. The summed E-state index contributed by atoms with van der Waals surface area (Å²) >= 11 is 0. The Balaban J connectivity index is 1.74. The molecule has 5 heteroatoms. The molecule has 3 rings (SSSR count). The lowest BCUT2D eigenvalue weighted by Gasteiger charge is -2.40. The highest BCUT2D eigenvalue weighted by molar-refractivity contribution is 5.88. The number of benzene rings is 1. The normalized spacial score (nSPS) is 25.0. The quantitative estimate of drug-likeness (QED) is 0.854. The Morgan fingerprint density at radius 2 is 1.96 bits per heavy atom. The first-order chi connectivity index (χ1) is 11.5. The minimum absolute atomic E-state index is 0.0222. The molecule has 130 valence electrons. The maximum absolute atomic E-state index is 13.1. The van der Waals surface area contributed by atoms with Crippen LogP contribution in [0.1, 0.15) is 44.6 Å². The molecule has 0 bridgehead atoms. The Morgan fingerprint density at radius 1 is 1.21 bits per heavy atom. The van der Waals surface area contributed by atoms with Crippen molar-refractivity contribution in [2.24, 2.45) is 5.92 Å². The van der Waals surface area contributed by atoms with Crippen LogP contribution in [0.2, 0.25) is 0 Å². The van der Waals surface area contributed by atoms with Crippen molar-refractivity contribution in [3.8, 4) is 0 Å². The van der Waals surface area contributed by atoms with E-state index in [1.165, 1.54) is 12.1 Å². The molecule has 0 N–H and O–H groups in total. The Labute approximate surface area is 142 Å². The van der Waals surface area contributed by atoms with Crippen LogP contribution in [-0.4, -0.2) is 40.7 Å². The van der Waals surface area contributed by atoms with Crippen LogP contribution in [-0.2, 0) is 16.1 Å². The van der Waals surface area contributed by atoms with Gasteiger partial charge in [0.25, 0.3) is 0 Å². The molecule has 1 aromatic carbocycles. The number of piperidine rings is 2. The number of rotatable bonds is 3. The molecule has 2 fully saturated rings. The first-order valence-electron chi connectivity index (χ1n) is 8.87. The van der Waals surface area contributed by atoms with Crippen LogP contribution in [0.15, 0.2) is 24.3 Å². The van der Waals surface area contributed by atoms with Gasteiger partial charge in [0.2, 0.25) is 11.8 Å². The van der Waals surface area contributed by atoms with Crippen LogP contribution in [0.4, 0.5) is 4.39 Å². The van der Waals surface area contributed by atoms with E-state index in [0.717, 1.165) is 44.3 Å². The number of hydrogen-bond acceptors (Lipinski definition) is 2. The van der Waals surface area contributed by atoms with E-state index in [4.69, 9.17) is 0 Å². The molecule has 2 saturated heterocycles. The highest BCUT2D eigenvalue weighted by atomic mass is 19.1. The molecule has 0 spiro atoms. The van der Waals surface area contributed by atoms with Gasteiger partial charge in [0.05, 0.1) is 0 Å². The average Bonchev–Trinajstić information content (AvgIpc) is 2.58. The van der Waals surface area contributed by atoms with Gasteiger partial charge in [-0.25, -0.2) is 4.39 Å². The molecule has 4 nitrogen and oxygen atoms in total. The summed E-state index contributed by atoms with van der Waals surface area (Å²) < 4.78 is 13.1. The largest absolute Gasteiger partial charge is 0.341 e. The summed E-state index contributed by atoms with van der Waals surface area (Å²) in [6, 6.07) is 5.78. The summed E-state index contributed by atoms with van der Waals surface area (Å²) in [5.74, 6) is 0.330. The van der Waals surface area contributed by atoms with Crippen LogP contribution in [0.3, 0.4) is 0 Å². The van der Waals surface area contributed by atoms with Crippen molar-refractivity contribution in [3.05, 3.63) is 35.6 Å². The van der Waals surface area contributed by atoms with Crippen LogP contribution in [0.5, 0.6) is 0 Å². The van der Waals surface area contributed by atoms with Crippen LogP contribution in [0, 0.1) is 11.7 Å². The second-order valence-electron chi connectivity index (χ2n) is 7.09. The lowest BCUT2D eigenvalue weighted by atomic mass is 9.96. The zero-order valence-corrected chi connectivity index (χ0v) is 14.2. The molecule has 2 amide bonds. The van der Waals surface area contributed by atoms with E-state index in [2.05, 4.69) is 6.92 Å². The molecule has 1 aromatic rings. The summed E-state index contributed by atoms with van der Waals surface area (Å²) in [7, 11) is 0. The van der Waals surface area contributed by atoms with Crippen LogP contribution >= 0.6 is 0 Å². The average molecular weight is 332 g/mol. The van der Waals surface area contributed by atoms with Gasteiger partial charge in [-0.2, -0.15) is 0 Å². The summed E-state index contributed by atoms with van der Waals surface area (Å²) in [5, 5.41) is 0. The number of likely N-dealkylation sites (tertiary alicyclic amines) is 2. The second-order valence-corrected chi connectivity index (χ2v) is 7.09. The fraction of sp³-hybridized carbons (Fsp3) is 0.579. The fourth-order valence-corrected chi connectivity index (χ4v) is 3.76. The van der Waals surface area contributed by atoms with Crippen molar-refractivity contribution >= 4 is 11.8 Å². The molecule has 2 unspecified atom stereocenters. The van der Waals surface area contributed by atoms with Crippen molar-refractivity contribution < 1.29 is 14.0 Å². The predicted octanol–water partition coefficient (Wildman–Crippen LogP) is 2.97. The number of hydrogen-bond donors (Lipinski definition) is 0. The second kappa shape index (κ2) is 7.32. The Bertz CT molecular complexity index is 602. The van der Waals surface area contributed by atoms with Crippen molar-refractivity contribution in [2.75, 3.05) is 13.1 Å². The van der Waals surface area contributed by atoms with Crippen molar-refractivity contribution in [3.63, 3.8) is 0 Å². The highest BCUT2D eigenvalue weighted by Gasteiger charge is 2.36. The van der Waals surface area contributed by atoms with E-state index >= 15 is 0 Å². The van der Waals surface area contributed by atoms with Gasteiger partial charge in [-0.1, -0.05) is 19.1 Å². The van der Waals surface area contributed by atoms with Crippen LogP contribution < -0.4 is 0 Å². The predicted molar refractivity (Wildman–Crippen MR) is 89.6 cm³/mol. The van der Waals surface area contributed by atoms with Gasteiger partial charge < -0.3 is 9.80 Å². The van der Waals surface area contributed by atoms with Gasteiger partial charge in [-0.3, -0.25) is 9.59 Å². The highest BCUT2D eigenvalue weighted by Crippen LogP contribution is 2.25. The van der Waals surface area contributed by atoms with Gasteiger partial charge in [-0.15, -0.1) is 0 Å². The third-order valence-electron chi connectivity index (χ3n) is 5.08. The van der Waals surface area contributed by atoms with Gasteiger partial charge in [0.1, 0.15) is 11.9 Å². The monoisotopic (exact) mass is 332 g/mol. The van der Waals surface area contributed by atoms with E-state index in [-0.39, 0.29) is 23.7 Å². The van der Waals surface area contributed by atoms with Gasteiger partial charge in [0, 0.05) is 26.1 Å². The molecule has 0 aromatic heterocycles. The topological polar surface area (TPSA) is 40.6 Å². The third-order valence-corrected chi connectivity index (χ3v) is 5.08. The molecule has 0 radical (unpaired) electrons. The van der Waals surface area contributed by atoms with E-state index in [1.54, 1.807) is 17.0 Å². The molecule has 0 aliphatic carbocycles. The zero-order chi connectivity index (χ0) is 17.1. The van der Waals surface area contributed by atoms with Crippen LogP contribution in [0.25, 0.3) is 0 Å². The number of amides is 2. The van der Waals surface area contributed by atoms with Gasteiger partial charge in [-0.05, 0) is 49.3 Å². The van der Waals surface area contributed by atoms with Crippen molar-refractivity contribution in [1.29, 1.82) is 0 Å². The lowest BCUT2D eigenvalue weighted by molar-refractivity contribution is -0.150. The standard InChI is InChI=1S/C19H25FN2O2/c1-14-4-3-11-21(12-14)19(24)17-5-2-6-18(23)22(17)13-15-7-9-16(20)10-8-15/h7-10,14,17H,2-6,11-13H2,1H3. The van der Waals surface area contributed by atoms with E-state index in [9.17, 15) is 14.0 Å². The number of nitrogens with zero attached hydrogens (tertiary/aromatic N) is 2. The molecule has 2 heterocycles. The van der Waals surface area contributed by atoms with Gasteiger partial charge >= 0.3 is 0 Å². The molecule has 2 aliphatic rings. The zero-order valence-electron chi connectivity index (χ0n) is 14.2. The number of carbonyl (C=O) groups is 2. The van der Waals surface area contributed by atoms with E-state index in [1.807, 2.05) is 4.90 Å². The summed E-state index contributed by atoms with van der Waals surface area (Å²) in [6.45, 7) is 4.12. The molecular formula is C19H25FN2O2. The Morgan fingerprint density at radius 3 is 2.67 bits per heavy atom. The first kappa shape index (κ1) is 16.9. The van der Waals surface area contributed by atoms with E-state index in [0.29, 0.717) is 18.9 Å². The molecule has 2 aliphatic heterocycles. The smallest absolute Gasteiger partial charge is 0.245 e. The molecule has 2 atom stereocenters. The van der Waals surface area contributed by atoms with Gasteiger partial charge in [0.15, 0.2) is 0 Å². The Kier molecular flexibility index (Phi) is 5.17. The summed E-state index contributed by atoms with van der Waals surface area (Å²) in [4.78, 5) is 29.0. The number of carbonyl (C=O) groups excluding carboxylic acids is 2. The first-order valence-corrected chi connectivity index (χ1v) is 8.87. The minimum atomic E-state index is -0.374. The summed E-state index contributed by atoms with van der Waals surface area (Å²) in [5.41, 5.74) is 0.858. The fourth-order valence-electron chi connectivity index (χ4n) is 3.76. The maximum atomic E-state index is 13.1. The minimum Gasteiger partial charge on any atom is -0.341 e. The summed E-state index contributed by atoms with van der Waals surface area (Å²) in [6.07, 6.45) is 4.16. The molecule has 0 saturated carbocycles. The number of halogens is 1. The van der Waals surface area contributed by atoms with E-state index < -0.39 is 0 Å². The molecular weight excluding hydrogens is 307 g/mol. The third kappa shape index (κ3) is 3.77. The Hall–Kier alpha value is -1.91. The maximum Gasteiger partial charge on any atom is 0.245 e. The lowest BCUT2D eigenvalue weighted by Crippen LogP contribution is -2.54.